The lowest BCUT2D eigenvalue weighted by molar-refractivity contribution is -0.153. The van der Waals surface area contributed by atoms with Gasteiger partial charge >= 0.3 is 5.97 Å². The van der Waals surface area contributed by atoms with Crippen LogP contribution in [0, 0.1) is 0 Å². The third-order valence-electron chi connectivity index (χ3n) is 6.64. The number of carbonyl (C=O) groups excluding carboxylic acids is 3. The minimum absolute atomic E-state index is 0.105. The van der Waals surface area contributed by atoms with E-state index in [4.69, 9.17) is 9.47 Å². The number of benzene rings is 2. The van der Waals surface area contributed by atoms with Crippen LogP contribution in [0.5, 0.6) is 0 Å². The van der Waals surface area contributed by atoms with Crippen molar-refractivity contribution in [2.24, 2.45) is 0 Å². The Morgan fingerprint density at radius 1 is 0.971 bits per heavy atom. The second kappa shape index (κ2) is 9.54. The molecular weight excluding hydrogens is 436 g/mol. The Labute approximate surface area is 198 Å². The number of esters is 1. The summed E-state index contributed by atoms with van der Waals surface area (Å²) in [6.07, 6.45) is 0. The third-order valence-corrected chi connectivity index (χ3v) is 6.64. The first-order valence-corrected chi connectivity index (χ1v) is 11.6. The Hall–Kier alpha value is -3.27. The van der Waals surface area contributed by atoms with Crippen LogP contribution in [-0.4, -0.2) is 85.6 Å². The molecule has 3 heterocycles. The first-order chi connectivity index (χ1) is 16.6. The average Bonchev–Trinajstić information content (AvgIpc) is 3.22. The number of fused-ring (bicyclic) bond motifs is 1. The molecule has 9 nitrogen and oxygen atoms in total. The Balaban J connectivity index is 1.46. The molecule has 0 aromatic heterocycles. The maximum absolute atomic E-state index is 13.4. The van der Waals surface area contributed by atoms with Crippen LogP contribution < -0.4 is 10.6 Å². The predicted octanol–water partition coefficient (Wildman–Crippen LogP) is 0.0619. The summed E-state index contributed by atoms with van der Waals surface area (Å²) < 4.78 is 11.4. The highest BCUT2D eigenvalue weighted by molar-refractivity contribution is 5.89. The van der Waals surface area contributed by atoms with E-state index in [1.165, 1.54) is 0 Å². The number of piperazine rings is 1. The van der Waals surface area contributed by atoms with E-state index in [1.807, 2.05) is 65.6 Å². The van der Waals surface area contributed by atoms with Crippen molar-refractivity contribution < 1.29 is 23.9 Å². The monoisotopic (exact) mass is 464 g/mol. The molecule has 0 spiro atoms. The number of nitrogens with zero attached hydrogens (tertiary/aromatic N) is 2. The van der Waals surface area contributed by atoms with Gasteiger partial charge in [-0.15, -0.1) is 0 Å². The second-order valence-corrected chi connectivity index (χ2v) is 8.61. The normalized spacial score (nSPS) is 24.2. The Kier molecular flexibility index (Phi) is 6.32. The third kappa shape index (κ3) is 3.96. The fourth-order valence-corrected chi connectivity index (χ4v) is 5.01. The number of carbonyl (C=O) groups is 3. The lowest BCUT2D eigenvalue weighted by Crippen LogP contribution is -2.66. The molecule has 2 aromatic carbocycles. The van der Waals surface area contributed by atoms with Gasteiger partial charge in [0, 0.05) is 37.3 Å². The molecule has 0 saturated carbocycles. The van der Waals surface area contributed by atoms with E-state index in [2.05, 4.69) is 10.6 Å². The summed E-state index contributed by atoms with van der Waals surface area (Å²) in [5.41, 5.74) is 0.282. The lowest BCUT2D eigenvalue weighted by atomic mass is 9.90. The summed E-state index contributed by atoms with van der Waals surface area (Å²) in [7, 11) is 0. The maximum Gasteiger partial charge on any atom is 0.327 e. The molecule has 2 atom stereocenters. The largest absolute Gasteiger partial charge is 0.434 e. The molecule has 178 valence electrons. The van der Waals surface area contributed by atoms with Crippen molar-refractivity contribution in [1.82, 2.24) is 20.4 Å². The van der Waals surface area contributed by atoms with Gasteiger partial charge in [-0.3, -0.25) is 14.4 Å². The van der Waals surface area contributed by atoms with Crippen LogP contribution in [0.1, 0.15) is 11.1 Å². The van der Waals surface area contributed by atoms with Gasteiger partial charge in [0.2, 0.25) is 17.5 Å². The van der Waals surface area contributed by atoms with Gasteiger partial charge in [-0.05, 0) is 0 Å². The summed E-state index contributed by atoms with van der Waals surface area (Å²) in [4.78, 5) is 42.7. The molecule has 2 aromatic rings. The fraction of sp³-hybridized carbons (Fsp3) is 0.400. The number of ether oxygens (including phenoxy) is 2. The van der Waals surface area contributed by atoms with E-state index in [1.54, 1.807) is 4.90 Å². The Morgan fingerprint density at radius 2 is 1.59 bits per heavy atom. The number of nitrogens with one attached hydrogen (secondary N) is 2. The van der Waals surface area contributed by atoms with Crippen molar-refractivity contribution in [2.45, 2.75) is 17.8 Å². The van der Waals surface area contributed by atoms with Gasteiger partial charge in [0.1, 0.15) is 12.1 Å². The SMILES string of the molecule is O=C(NCC(=O)N1CCOCC1)C1CNCC2C(=O)OC(c3ccccc3)(c3ccccc3)N12. The van der Waals surface area contributed by atoms with Crippen molar-refractivity contribution >= 4 is 17.8 Å². The average molecular weight is 465 g/mol. The van der Waals surface area contributed by atoms with Gasteiger partial charge in [-0.1, -0.05) is 60.7 Å². The zero-order chi connectivity index (χ0) is 23.5. The van der Waals surface area contributed by atoms with Crippen molar-refractivity contribution in [1.29, 1.82) is 0 Å². The summed E-state index contributed by atoms with van der Waals surface area (Å²) in [5, 5.41) is 5.99. The highest BCUT2D eigenvalue weighted by atomic mass is 16.6. The molecule has 2 N–H and O–H groups in total. The van der Waals surface area contributed by atoms with Crippen molar-refractivity contribution in [2.75, 3.05) is 45.9 Å². The van der Waals surface area contributed by atoms with E-state index in [9.17, 15) is 14.4 Å². The van der Waals surface area contributed by atoms with E-state index in [0.29, 0.717) is 39.4 Å². The van der Waals surface area contributed by atoms with Crippen LogP contribution in [-0.2, 0) is 29.6 Å². The predicted molar refractivity (Wildman–Crippen MR) is 122 cm³/mol. The van der Waals surface area contributed by atoms with Crippen molar-refractivity contribution in [3.05, 3.63) is 71.8 Å². The summed E-state index contributed by atoms with van der Waals surface area (Å²) in [5.74, 6) is -0.862. The number of rotatable bonds is 5. The molecule has 9 heteroatoms. The quantitative estimate of drug-likeness (QED) is 0.604. The molecule has 2 amide bonds. The van der Waals surface area contributed by atoms with E-state index in [-0.39, 0.29) is 24.3 Å². The standard InChI is InChI=1S/C25H28N4O5/c30-22(28-11-13-33-14-12-28)17-27-23(31)20-15-26-16-21-24(32)34-25(29(20)21,18-7-3-1-4-8-18)19-9-5-2-6-10-19/h1-10,20-21,26H,11-17H2,(H,27,31). The summed E-state index contributed by atoms with van der Waals surface area (Å²) in [6, 6.07) is 17.6. The molecule has 3 saturated heterocycles. The molecule has 3 aliphatic rings. The van der Waals surface area contributed by atoms with Crippen molar-refractivity contribution in [3.63, 3.8) is 0 Å². The zero-order valence-corrected chi connectivity index (χ0v) is 18.8. The topological polar surface area (TPSA) is 100 Å². The molecule has 3 aliphatic heterocycles. The van der Waals surface area contributed by atoms with Crippen LogP contribution in [0.4, 0.5) is 0 Å². The maximum atomic E-state index is 13.4. The Bertz CT molecular complexity index is 1000. The van der Waals surface area contributed by atoms with Gasteiger partial charge in [0.15, 0.2) is 0 Å². The second-order valence-electron chi connectivity index (χ2n) is 8.61. The molecule has 0 aliphatic carbocycles. The highest BCUT2D eigenvalue weighted by Crippen LogP contribution is 2.45. The smallest absolute Gasteiger partial charge is 0.327 e. The van der Waals surface area contributed by atoms with Gasteiger partial charge < -0.3 is 25.0 Å². The van der Waals surface area contributed by atoms with Crippen molar-refractivity contribution in [3.8, 4) is 0 Å². The number of cyclic esters (lactones) is 1. The lowest BCUT2D eigenvalue weighted by Gasteiger charge is -2.44. The number of amides is 2. The van der Waals surface area contributed by atoms with Crippen LogP contribution in [0.3, 0.4) is 0 Å². The minimum Gasteiger partial charge on any atom is -0.434 e. The summed E-state index contributed by atoms with van der Waals surface area (Å²) >= 11 is 0. The van der Waals surface area contributed by atoms with Gasteiger partial charge in [0.05, 0.1) is 19.8 Å². The van der Waals surface area contributed by atoms with Gasteiger partial charge in [-0.2, -0.15) is 0 Å². The van der Waals surface area contributed by atoms with Gasteiger partial charge in [-0.25, -0.2) is 4.90 Å². The number of hydrogen-bond acceptors (Lipinski definition) is 7. The van der Waals surface area contributed by atoms with Gasteiger partial charge in [0.25, 0.3) is 0 Å². The van der Waals surface area contributed by atoms with Crippen LogP contribution in [0.25, 0.3) is 0 Å². The van der Waals surface area contributed by atoms with Crippen LogP contribution in [0.15, 0.2) is 60.7 Å². The Morgan fingerprint density at radius 3 is 2.21 bits per heavy atom. The fourth-order valence-electron chi connectivity index (χ4n) is 5.01. The molecule has 34 heavy (non-hydrogen) atoms. The van der Waals surface area contributed by atoms with Crippen LogP contribution in [0.2, 0.25) is 0 Å². The molecule has 0 radical (unpaired) electrons. The first kappa shape index (κ1) is 22.5. The van der Waals surface area contributed by atoms with E-state index < -0.39 is 17.8 Å². The summed E-state index contributed by atoms with van der Waals surface area (Å²) in [6.45, 7) is 2.62. The number of hydrogen-bond donors (Lipinski definition) is 2. The first-order valence-electron chi connectivity index (χ1n) is 11.6. The molecule has 3 fully saturated rings. The molecule has 0 bridgehead atoms. The minimum atomic E-state index is -1.25. The molecular formula is C25H28N4O5. The molecule has 2 unspecified atom stereocenters. The highest BCUT2D eigenvalue weighted by Gasteiger charge is 2.60. The van der Waals surface area contributed by atoms with E-state index >= 15 is 0 Å². The zero-order valence-electron chi connectivity index (χ0n) is 18.8. The number of morpholine rings is 1. The van der Waals surface area contributed by atoms with E-state index in [0.717, 1.165) is 11.1 Å². The molecule has 5 rings (SSSR count). The van der Waals surface area contributed by atoms with Crippen LogP contribution >= 0.6 is 0 Å².